The van der Waals surface area contributed by atoms with Gasteiger partial charge in [0.25, 0.3) is 0 Å². The number of ether oxygens (including phenoxy) is 1. The van der Waals surface area contributed by atoms with Gasteiger partial charge in [0.15, 0.2) is 0 Å². The van der Waals surface area contributed by atoms with Crippen molar-refractivity contribution in [2.24, 2.45) is 5.92 Å². The second kappa shape index (κ2) is 6.48. The molecule has 2 heterocycles. The van der Waals surface area contributed by atoms with Gasteiger partial charge in [-0.05, 0) is 6.42 Å². The monoisotopic (exact) mass is 295 g/mol. The maximum absolute atomic E-state index is 12.9. The molecule has 5 nitrogen and oxygen atoms in total. The van der Waals surface area contributed by atoms with E-state index in [4.69, 9.17) is 10.00 Å². The van der Waals surface area contributed by atoms with Gasteiger partial charge in [0.2, 0.25) is 12.3 Å². The maximum atomic E-state index is 12.9. The number of rotatable bonds is 3. The number of nitrogens with zero attached hydrogens (tertiary/aromatic N) is 3. The van der Waals surface area contributed by atoms with Gasteiger partial charge in [-0.25, -0.2) is 8.78 Å². The Morgan fingerprint density at radius 1 is 1.57 bits per heavy atom. The van der Waals surface area contributed by atoms with E-state index in [1.165, 1.54) is 17.3 Å². The number of carbonyl (C=O) groups excluding carboxylic acids is 1. The Balaban J connectivity index is 2.25. The lowest BCUT2D eigenvalue weighted by molar-refractivity contribution is -0.141. The van der Waals surface area contributed by atoms with E-state index in [1.54, 1.807) is 6.92 Å². The molecule has 0 aliphatic carbocycles. The zero-order valence-electron chi connectivity index (χ0n) is 11.6. The highest BCUT2D eigenvalue weighted by Crippen LogP contribution is 2.27. The van der Waals surface area contributed by atoms with Crippen LogP contribution in [-0.2, 0) is 11.3 Å². The highest BCUT2D eigenvalue weighted by atomic mass is 19.3. The molecule has 0 saturated carbocycles. The molecule has 1 amide bonds. The van der Waals surface area contributed by atoms with Gasteiger partial charge < -0.3 is 9.64 Å². The molecule has 1 aliphatic rings. The van der Waals surface area contributed by atoms with Crippen LogP contribution in [0.15, 0.2) is 12.4 Å². The van der Waals surface area contributed by atoms with Gasteiger partial charge >= 0.3 is 0 Å². The van der Waals surface area contributed by atoms with Crippen LogP contribution >= 0.6 is 0 Å². The molecule has 0 radical (unpaired) electrons. The van der Waals surface area contributed by atoms with Crippen LogP contribution in [0.25, 0.3) is 0 Å². The van der Waals surface area contributed by atoms with E-state index in [1.807, 2.05) is 6.07 Å². The summed E-state index contributed by atoms with van der Waals surface area (Å²) in [6, 6.07) is 1.97. The van der Waals surface area contributed by atoms with Crippen LogP contribution < -0.4 is 4.74 Å². The first-order valence-corrected chi connectivity index (χ1v) is 6.65. The molecule has 0 aromatic carbocycles. The third kappa shape index (κ3) is 3.10. The molecular weight excluding hydrogens is 280 g/mol. The summed E-state index contributed by atoms with van der Waals surface area (Å²) in [5.74, 6) is -1.52. The lowest BCUT2D eigenvalue weighted by atomic mass is 10.1. The molecule has 21 heavy (non-hydrogen) atoms. The molecule has 1 atom stereocenters. The molecule has 1 aromatic heterocycles. The van der Waals surface area contributed by atoms with E-state index in [-0.39, 0.29) is 31.7 Å². The number of hydrogen-bond acceptors (Lipinski definition) is 4. The smallest absolute Gasteiger partial charge is 0.250 e. The van der Waals surface area contributed by atoms with E-state index in [0.717, 1.165) is 0 Å². The number of amides is 1. The zero-order valence-corrected chi connectivity index (χ0v) is 11.6. The number of alkyl halides is 2. The Hall–Kier alpha value is -2.23. The summed E-state index contributed by atoms with van der Waals surface area (Å²) < 4.78 is 31.3. The maximum Gasteiger partial charge on any atom is 0.250 e. The molecule has 1 aromatic rings. The first kappa shape index (κ1) is 15.2. The summed E-state index contributed by atoms with van der Waals surface area (Å²) in [5.41, 5.74) is 0.840. The molecule has 0 saturated heterocycles. The van der Waals surface area contributed by atoms with Gasteiger partial charge in [-0.3, -0.25) is 9.78 Å². The molecule has 0 N–H and O–H groups in total. The number of carbonyl (C=O) groups is 1. The fourth-order valence-electron chi connectivity index (χ4n) is 2.28. The SMILES string of the molecule is CCC(C(=O)N1CCOc2c(C#N)cncc2C1)C(F)F. The predicted octanol–water partition coefficient (Wildman–Crippen LogP) is 1.97. The quantitative estimate of drug-likeness (QED) is 0.855. The van der Waals surface area contributed by atoms with Crippen molar-refractivity contribution < 1.29 is 18.3 Å². The van der Waals surface area contributed by atoms with Crippen LogP contribution in [0, 0.1) is 17.2 Å². The number of halogens is 2. The van der Waals surface area contributed by atoms with Crippen molar-refractivity contribution in [3.05, 3.63) is 23.5 Å². The molecule has 0 fully saturated rings. The third-order valence-electron chi connectivity index (χ3n) is 3.43. The standard InChI is InChI=1S/C14H15F2N3O2/c1-2-11(13(15)16)14(20)19-3-4-21-12-9(5-17)6-18-7-10(12)8-19/h6-7,11,13H,2-4,8H2,1H3. The van der Waals surface area contributed by atoms with Crippen molar-refractivity contribution in [1.29, 1.82) is 5.26 Å². The molecule has 1 unspecified atom stereocenters. The second-order valence-electron chi connectivity index (χ2n) is 4.74. The van der Waals surface area contributed by atoms with E-state index >= 15 is 0 Å². The Labute approximate surface area is 121 Å². The van der Waals surface area contributed by atoms with Gasteiger partial charge in [0.1, 0.15) is 24.0 Å². The van der Waals surface area contributed by atoms with Gasteiger partial charge in [-0.15, -0.1) is 0 Å². The van der Waals surface area contributed by atoms with Gasteiger partial charge in [-0.1, -0.05) is 6.92 Å². The summed E-state index contributed by atoms with van der Waals surface area (Å²) in [7, 11) is 0. The lowest BCUT2D eigenvalue weighted by Crippen LogP contribution is -2.39. The highest BCUT2D eigenvalue weighted by molar-refractivity contribution is 5.79. The van der Waals surface area contributed by atoms with Crippen LogP contribution in [0.5, 0.6) is 5.75 Å². The van der Waals surface area contributed by atoms with Gasteiger partial charge in [-0.2, -0.15) is 5.26 Å². The summed E-state index contributed by atoms with van der Waals surface area (Å²) in [6.07, 6.45) is 0.266. The van der Waals surface area contributed by atoms with Crippen molar-refractivity contribution in [2.75, 3.05) is 13.2 Å². The van der Waals surface area contributed by atoms with Crippen molar-refractivity contribution >= 4 is 5.91 Å². The number of pyridine rings is 1. The molecule has 112 valence electrons. The van der Waals surface area contributed by atoms with Crippen molar-refractivity contribution in [1.82, 2.24) is 9.88 Å². The van der Waals surface area contributed by atoms with Crippen LogP contribution in [0.4, 0.5) is 8.78 Å². The minimum Gasteiger partial charge on any atom is -0.490 e. The minimum absolute atomic E-state index is 0.0806. The van der Waals surface area contributed by atoms with E-state index in [9.17, 15) is 13.6 Å². The molecule has 2 rings (SSSR count). The number of hydrogen-bond donors (Lipinski definition) is 0. The van der Waals surface area contributed by atoms with Crippen LogP contribution in [0.2, 0.25) is 0 Å². The topological polar surface area (TPSA) is 66.2 Å². The van der Waals surface area contributed by atoms with E-state index < -0.39 is 18.3 Å². The average Bonchev–Trinajstić information content (AvgIpc) is 2.69. The van der Waals surface area contributed by atoms with Crippen LogP contribution in [-0.4, -0.2) is 35.4 Å². The van der Waals surface area contributed by atoms with Gasteiger partial charge in [0, 0.05) is 18.0 Å². The van der Waals surface area contributed by atoms with Crippen LogP contribution in [0.3, 0.4) is 0 Å². The van der Waals surface area contributed by atoms with Crippen molar-refractivity contribution in [3.63, 3.8) is 0 Å². The van der Waals surface area contributed by atoms with Crippen molar-refractivity contribution in [3.8, 4) is 11.8 Å². The van der Waals surface area contributed by atoms with E-state index in [0.29, 0.717) is 11.3 Å². The molecule has 0 spiro atoms. The highest BCUT2D eigenvalue weighted by Gasteiger charge is 2.32. The Kier molecular flexibility index (Phi) is 4.68. The zero-order chi connectivity index (χ0) is 15.4. The molecule has 7 heteroatoms. The van der Waals surface area contributed by atoms with Crippen LogP contribution in [0.1, 0.15) is 24.5 Å². The van der Waals surface area contributed by atoms with Gasteiger partial charge in [0.05, 0.1) is 19.0 Å². The lowest BCUT2D eigenvalue weighted by Gasteiger charge is -2.24. The summed E-state index contributed by atoms with van der Waals surface area (Å²) in [5, 5.41) is 9.01. The fourth-order valence-corrected chi connectivity index (χ4v) is 2.28. The number of fused-ring (bicyclic) bond motifs is 1. The summed E-state index contributed by atoms with van der Waals surface area (Å²) in [6.45, 7) is 2.06. The fraction of sp³-hybridized carbons (Fsp3) is 0.500. The number of aromatic nitrogens is 1. The normalized spacial score (nSPS) is 15.7. The average molecular weight is 295 g/mol. The first-order chi connectivity index (χ1) is 10.1. The molecular formula is C14H15F2N3O2. The summed E-state index contributed by atoms with van der Waals surface area (Å²) >= 11 is 0. The van der Waals surface area contributed by atoms with E-state index in [2.05, 4.69) is 4.98 Å². The minimum atomic E-state index is -2.69. The largest absolute Gasteiger partial charge is 0.490 e. The Morgan fingerprint density at radius 2 is 2.33 bits per heavy atom. The molecule has 1 aliphatic heterocycles. The molecule has 0 bridgehead atoms. The van der Waals surface area contributed by atoms with Crippen molar-refractivity contribution in [2.45, 2.75) is 26.3 Å². The Bertz CT molecular complexity index is 572. The first-order valence-electron chi connectivity index (χ1n) is 6.65. The third-order valence-corrected chi connectivity index (χ3v) is 3.43. The number of nitriles is 1. The second-order valence-corrected chi connectivity index (χ2v) is 4.74. The summed E-state index contributed by atoms with van der Waals surface area (Å²) in [4.78, 5) is 17.5. The predicted molar refractivity (Wildman–Crippen MR) is 69.6 cm³/mol. The Morgan fingerprint density at radius 3 is 2.95 bits per heavy atom.